The topological polar surface area (TPSA) is 50.8 Å². The van der Waals surface area contributed by atoms with Crippen LogP contribution in [-0.2, 0) is 0 Å². The third-order valence-electron chi connectivity index (χ3n) is 2.07. The highest BCUT2D eigenvalue weighted by Gasteiger charge is 2.07. The second-order valence-corrected chi connectivity index (χ2v) is 3.79. The monoisotopic (exact) mass is 235 g/mol. The van der Waals surface area contributed by atoms with E-state index in [1.54, 1.807) is 19.1 Å². The van der Waals surface area contributed by atoms with Crippen molar-refractivity contribution in [2.45, 2.75) is 13.8 Å². The van der Waals surface area contributed by atoms with E-state index >= 15 is 0 Å². The first-order valence-electron chi connectivity index (χ1n) is 4.77. The molecule has 0 saturated carbocycles. The Kier molecular flexibility index (Phi) is 3.01. The molecule has 5 heteroatoms. The van der Waals surface area contributed by atoms with E-state index in [2.05, 4.69) is 15.4 Å². The molecule has 2 rings (SSSR count). The van der Waals surface area contributed by atoms with E-state index in [1.807, 2.05) is 19.1 Å². The van der Waals surface area contributed by atoms with Gasteiger partial charge in [-0.1, -0.05) is 22.8 Å². The van der Waals surface area contributed by atoms with Gasteiger partial charge >= 0.3 is 0 Å². The lowest BCUT2D eigenvalue weighted by Crippen LogP contribution is -1.69. The average Bonchev–Trinajstić information content (AvgIpc) is 2.56. The molecule has 0 N–H and O–H groups in total. The zero-order valence-corrected chi connectivity index (χ0v) is 9.69. The van der Waals surface area contributed by atoms with Crippen molar-refractivity contribution in [2.24, 2.45) is 10.2 Å². The van der Waals surface area contributed by atoms with Gasteiger partial charge in [-0.25, -0.2) is 0 Å². The number of benzene rings is 1. The molecule has 0 unspecified atom stereocenters. The van der Waals surface area contributed by atoms with Crippen molar-refractivity contribution in [3.63, 3.8) is 0 Å². The summed E-state index contributed by atoms with van der Waals surface area (Å²) in [6.07, 6.45) is 0. The molecule has 1 aromatic heterocycles. The SMILES string of the molecule is Cc1noc(C)c1N=Nc1cccc(Cl)c1. The average molecular weight is 236 g/mol. The molecule has 0 spiro atoms. The maximum absolute atomic E-state index is 5.84. The number of halogens is 1. The van der Waals surface area contributed by atoms with Crippen LogP contribution in [0.2, 0.25) is 5.02 Å². The Morgan fingerprint density at radius 1 is 1.25 bits per heavy atom. The maximum atomic E-state index is 5.84. The molecule has 4 nitrogen and oxygen atoms in total. The molecular weight excluding hydrogens is 226 g/mol. The standard InChI is InChI=1S/C11H10ClN3O/c1-7-11(8(2)16-15-7)14-13-10-5-3-4-9(12)6-10/h3-6H,1-2H3. The first-order chi connectivity index (χ1) is 7.66. The molecule has 0 atom stereocenters. The minimum atomic E-state index is 0.634. The molecule has 82 valence electrons. The fourth-order valence-corrected chi connectivity index (χ4v) is 1.45. The quantitative estimate of drug-likeness (QED) is 0.726. The maximum Gasteiger partial charge on any atom is 0.161 e. The summed E-state index contributed by atoms with van der Waals surface area (Å²) in [5, 5.41) is 12.6. The molecule has 0 fully saturated rings. The van der Waals surface area contributed by atoms with Crippen molar-refractivity contribution in [3.8, 4) is 0 Å². The fourth-order valence-electron chi connectivity index (χ4n) is 1.27. The van der Waals surface area contributed by atoms with Gasteiger partial charge in [0.1, 0.15) is 5.69 Å². The number of hydrogen-bond acceptors (Lipinski definition) is 4. The number of rotatable bonds is 2. The summed E-state index contributed by atoms with van der Waals surface area (Å²) in [7, 11) is 0. The van der Waals surface area contributed by atoms with Gasteiger partial charge in [-0.3, -0.25) is 0 Å². The summed E-state index contributed by atoms with van der Waals surface area (Å²) in [5.41, 5.74) is 2.09. The summed E-state index contributed by atoms with van der Waals surface area (Å²) in [4.78, 5) is 0. The van der Waals surface area contributed by atoms with Gasteiger partial charge in [0.2, 0.25) is 0 Å². The van der Waals surface area contributed by atoms with E-state index < -0.39 is 0 Å². The van der Waals surface area contributed by atoms with Crippen molar-refractivity contribution in [1.82, 2.24) is 5.16 Å². The van der Waals surface area contributed by atoms with Crippen LogP contribution in [0.25, 0.3) is 0 Å². The summed E-state index contributed by atoms with van der Waals surface area (Å²) < 4.78 is 4.98. The zero-order valence-electron chi connectivity index (χ0n) is 8.94. The predicted molar refractivity (Wildman–Crippen MR) is 61.6 cm³/mol. The molecule has 0 aliphatic heterocycles. The van der Waals surface area contributed by atoms with Crippen LogP contribution in [-0.4, -0.2) is 5.16 Å². The minimum absolute atomic E-state index is 0.634. The molecule has 0 amide bonds. The summed E-state index contributed by atoms with van der Waals surface area (Å²) in [6.45, 7) is 3.62. The van der Waals surface area contributed by atoms with Crippen molar-refractivity contribution in [3.05, 3.63) is 40.7 Å². The van der Waals surface area contributed by atoms with E-state index in [0.29, 0.717) is 22.2 Å². The molecule has 1 heterocycles. The van der Waals surface area contributed by atoms with Crippen LogP contribution in [0.5, 0.6) is 0 Å². The Bertz CT molecular complexity index is 514. The van der Waals surface area contributed by atoms with Gasteiger partial charge in [0.15, 0.2) is 11.4 Å². The van der Waals surface area contributed by atoms with Crippen molar-refractivity contribution in [2.75, 3.05) is 0 Å². The van der Waals surface area contributed by atoms with Crippen molar-refractivity contribution < 1.29 is 4.52 Å². The van der Waals surface area contributed by atoms with E-state index in [9.17, 15) is 0 Å². The van der Waals surface area contributed by atoms with Crippen LogP contribution in [0.3, 0.4) is 0 Å². The largest absolute Gasteiger partial charge is 0.359 e. The number of hydrogen-bond donors (Lipinski definition) is 0. The molecule has 16 heavy (non-hydrogen) atoms. The second kappa shape index (κ2) is 4.45. The number of aromatic nitrogens is 1. The van der Waals surface area contributed by atoms with Crippen molar-refractivity contribution >= 4 is 23.0 Å². The van der Waals surface area contributed by atoms with Crippen LogP contribution in [0.1, 0.15) is 11.5 Å². The summed E-state index contributed by atoms with van der Waals surface area (Å²) in [6, 6.07) is 7.18. The Balaban J connectivity index is 2.28. The lowest BCUT2D eigenvalue weighted by Gasteiger charge is -1.92. The third-order valence-corrected chi connectivity index (χ3v) is 2.30. The molecule has 2 aromatic rings. The highest BCUT2D eigenvalue weighted by Crippen LogP contribution is 2.26. The lowest BCUT2D eigenvalue weighted by atomic mass is 10.3. The van der Waals surface area contributed by atoms with Gasteiger partial charge in [-0.05, 0) is 32.0 Å². The van der Waals surface area contributed by atoms with Crippen LogP contribution in [0, 0.1) is 13.8 Å². The molecule has 0 bridgehead atoms. The van der Waals surface area contributed by atoms with E-state index in [1.165, 1.54) is 0 Å². The van der Waals surface area contributed by atoms with Crippen LogP contribution in [0.15, 0.2) is 39.0 Å². The highest BCUT2D eigenvalue weighted by atomic mass is 35.5. The van der Waals surface area contributed by atoms with Crippen LogP contribution >= 0.6 is 11.6 Å². The van der Waals surface area contributed by atoms with E-state index in [4.69, 9.17) is 16.1 Å². The first kappa shape index (κ1) is 10.8. The van der Waals surface area contributed by atoms with Gasteiger partial charge in [0.25, 0.3) is 0 Å². The fraction of sp³-hybridized carbons (Fsp3) is 0.182. The zero-order chi connectivity index (χ0) is 11.5. The lowest BCUT2D eigenvalue weighted by molar-refractivity contribution is 0.393. The van der Waals surface area contributed by atoms with E-state index in [0.717, 1.165) is 5.69 Å². The Labute approximate surface area is 97.9 Å². The number of nitrogens with zero attached hydrogens (tertiary/aromatic N) is 3. The van der Waals surface area contributed by atoms with Crippen molar-refractivity contribution in [1.29, 1.82) is 0 Å². The normalized spacial score (nSPS) is 11.2. The Morgan fingerprint density at radius 3 is 2.69 bits per heavy atom. The smallest absolute Gasteiger partial charge is 0.161 e. The van der Waals surface area contributed by atoms with Gasteiger partial charge < -0.3 is 4.52 Å². The molecule has 0 radical (unpaired) electrons. The predicted octanol–water partition coefficient (Wildman–Crippen LogP) is 4.36. The van der Waals surface area contributed by atoms with Crippen LogP contribution < -0.4 is 0 Å². The second-order valence-electron chi connectivity index (χ2n) is 3.35. The number of aryl methyl sites for hydroxylation is 2. The first-order valence-corrected chi connectivity index (χ1v) is 5.15. The molecule has 1 aromatic carbocycles. The molecule has 0 saturated heterocycles. The highest BCUT2D eigenvalue weighted by molar-refractivity contribution is 6.30. The molecular formula is C11H10ClN3O. The molecule has 0 aliphatic carbocycles. The Hall–Kier alpha value is -1.68. The van der Waals surface area contributed by atoms with E-state index in [-0.39, 0.29) is 0 Å². The van der Waals surface area contributed by atoms with Gasteiger partial charge in [-0.15, -0.1) is 5.11 Å². The Morgan fingerprint density at radius 2 is 2.06 bits per heavy atom. The summed E-state index contributed by atoms with van der Waals surface area (Å²) in [5.74, 6) is 0.656. The van der Waals surface area contributed by atoms with Gasteiger partial charge in [0.05, 0.1) is 5.69 Å². The van der Waals surface area contributed by atoms with Gasteiger partial charge in [0, 0.05) is 5.02 Å². The number of azo groups is 1. The van der Waals surface area contributed by atoms with Crippen LogP contribution in [0.4, 0.5) is 11.4 Å². The minimum Gasteiger partial charge on any atom is -0.359 e. The molecule has 0 aliphatic rings. The third kappa shape index (κ3) is 2.28. The van der Waals surface area contributed by atoms with Gasteiger partial charge in [-0.2, -0.15) is 5.11 Å². The summed E-state index contributed by atoms with van der Waals surface area (Å²) >= 11 is 5.84.